The van der Waals surface area contributed by atoms with Crippen molar-refractivity contribution in [3.63, 3.8) is 0 Å². The largest absolute Gasteiger partial charge is 0.326 e. The molecule has 0 fully saturated rings. The van der Waals surface area contributed by atoms with Crippen LogP contribution in [-0.4, -0.2) is 20.4 Å². The van der Waals surface area contributed by atoms with Crippen LogP contribution in [0.1, 0.15) is 6.92 Å². The molecule has 0 saturated heterocycles. The van der Waals surface area contributed by atoms with Crippen molar-refractivity contribution in [3.05, 3.63) is 70.2 Å². The zero-order valence-electron chi connectivity index (χ0n) is 14.6. The number of amides is 1. The number of pyridine rings is 1. The van der Waals surface area contributed by atoms with Crippen molar-refractivity contribution in [2.75, 3.05) is 5.32 Å². The van der Waals surface area contributed by atoms with E-state index in [1.165, 1.54) is 19.1 Å². The first kappa shape index (κ1) is 18.5. The van der Waals surface area contributed by atoms with E-state index in [2.05, 4.69) is 37.9 Å². The first-order chi connectivity index (χ1) is 13.4. The predicted octanol–water partition coefficient (Wildman–Crippen LogP) is 4.93. The highest BCUT2D eigenvalue weighted by atomic mass is 127. The van der Waals surface area contributed by atoms with Crippen molar-refractivity contribution in [1.82, 2.24) is 14.5 Å². The molecule has 8 heteroatoms. The molecule has 0 saturated carbocycles. The zero-order valence-corrected chi connectivity index (χ0v) is 16.7. The molecule has 0 bridgehead atoms. The smallest absolute Gasteiger partial charge is 0.221 e. The standard InChI is InChI=1S/C20H13F2IN4O/c1-11(28)26-15-4-12(17-3-2-13(21)6-18(17)22)5-16(8-15)27-10-25-19-7-14(23)9-24-20(19)27/h2-10H,1H3,(H,26,28). The van der Waals surface area contributed by atoms with Gasteiger partial charge in [-0.05, 0) is 64.6 Å². The van der Waals surface area contributed by atoms with E-state index >= 15 is 0 Å². The maximum atomic E-state index is 14.3. The van der Waals surface area contributed by atoms with E-state index in [0.717, 1.165) is 9.64 Å². The SMILES string of the molecule is CC(=O)Nc1cc(-c2ccc(F)cc2F)cc(-n2cnc3cc(I)cnc32)c1. The summed E-state index contributed by atoms with van der Waals surface area (Å²) in [5.41, 5.74) is 3.18. The van der Waals surface area contributed by atoms with Gasteiger partial charge in [-0.2, -0.15) is 0 Å². The number of carbonyl (C=O) groups excluding carboxylic acids is 1. The maximum absolute atomic E-state index is 14.3. The van der Waals surface area contributed by atoms with Gasteiger partial charge in [0, 0.05) is 34.0 Å². The van der Waals surface area contributed by atoms with Crippen LogP contribution in [0.3, 0.4) is 0 Å². The number of anilines is 1. The van der Waals surface area contributed by atoms with Gasteiger partial charge in [0.1, 0.15) is 23.5 Å². The minimum Gasteiger partial charge on any atom is -0.326 e. The summed E-state index contributed by atoms with van der Waals surface area (Å²) in [6.45, 7) is 1.39. The number of benzene rings is 2. The fraction of sp³-hybridized carbons (Fsp3) is 0.0500. The fourth-order valence-electron chi connectivity index (χ4n) is 2.97. The molecule has 0 atom stereocenters. The highest BCUT2D eigenvalue weighted by molar-refractivity contribution is 14.1. The molecule has 0 aliphatic rings. The van der Waals surface area contributed by atoms with Gasteiger partial charge in [-0.3, -0.25) is 9.36 Å². The number of carbonyl (C=O) groups is 1. The van der Waals surface area contributed by atoms with Crippen LogP contribution < -0.4 is 5.32 Å². The number of halogens is 3. The number of rotatable bonds is 3. The first-order valence-electron chi connectivity index (χ1n) is 8.28. The molecule has 4 rings (SSSR count). The van der Waals surface area contributed by atoms with Gasteiger partial charge in [-0.25, -0.2) is 18.7 Å². The van der Waals surface area contributed by atoms with Crippen LogP contribution in [0.15, 0.2) is 55.0 Å². The minimum absolute atomic E-state index is 0.224. The molecule has 5 nitrogen and oxygen atoms in total. The first-order valence-corrected chi connectivity index (χ1v) is 9.35. The zero-order chi connectivity index (χ0) is 19.8. The van der Waals surface area contributed by atoms with Gasteiger partial charge in [0.2, 0.25) is 5.91 Å². The molecule has 0 spiro atoms. The number of nitrogens with zero attached hydrogens (tertiary/aromatic N) is 3. The van der Waals surface area contributed by atoms with Crippen LogP contribution >= 0.6 is 22.6 Å². The lowest BCUT2D eigenvalue weighted by Gasteiger charge is -2.12. The molecule has 2 aromatic carbocycles. The molecule has 1 N–H and O–H groups in total. The van der Waals surface area contributed by atoms with Crippen molar-refractivity contribution in [2.24, 2.45) is 0 Å². The van der Waals surface area contributed by atoms with Gasteiger partial charge >= 0.3 is 0 Å². The molecule has 0 radical (unpaired) electrons. The summed E-state index contributed by atoms with van der Waals surface area (Å²) in [6.07, 6.45) is 3.34. The molecule has 4 aromatic rings. The van der Waals surface area contributed by atoms with Crippen LogP contribution in [0.5, 0.6) is 0 Å². The van der Waals surface area contributed by atoms with Crippen molar-refractivity contribution >= 4 is 45.3 Å². The highest BCUT2D eigenvalue weighted by Gasteiger charge is 2.13. The summed E-state index contributed by atoms with van der Waals surface area (Å²) in [5.74, 6) is -1.60. The minimum atomic E-state index is -0.686. The Kier molecular flexibility index (Phi) is 4.80. The second-order valence-electron chi connectivity index (χ2n) is 6.18. The number of hydrogen-bond donors (Lipinski definition) is 1. The number of fused-ring (bicyclic) bond motifs is 1. The summed E-state index contributed by atoms with van der Waals surface area (Å²) >= 11 is 2.16. The fourth-order valence-corrected chi connectivity index (χ4v) is 3.40. The number of nitrogens with one attached hydrogen (secondary N) is 1. The molecule has 140 valence electrons. The van der Waals surface area contributed by atoms with Crippen molar-refractivity contribution in [2.45, 2.75) is 6.92 Å². The third-order valence-electron chi connectivity index (χ3n) is 4.11. The number of aromatic nitrogens is 3. The summed E-state index contributed by atoms with van der Waals surface area (Å²) in [7, 11) is 0. The summed E-state index contributed by atoms with van der Waals surface area (Å²) < 4.78 is 30.4. The lowest BCUT2D eigenvalue weighted by molar-refractivity contribution is -0.114. The molecule has 2 aromatic heterocycles. The Morgan fingerprint density at radius 2 is 1.93 bits per heavy atom. The Hall–Kier alpha value is -2.88. The van der Waals surface area contributed by atoms with E-state index in [4.69, 9.17) is 0 Å². The van der Waals surface area contributed by atoms with Crippen LogP contribution in [0.25, 0.3) is 28.0 Å². The lowest BCUT2D eigenvalue weighted by atomic mass is 10.0. The van der Waals surface area contributed by atoms with Gasteiger partial charge in [0.05, 0.1) is 5.69 Å². The summed E-state index contributed by atoms with van der Waals surface area (Å²) in [5, 5.41) is 2.71. The van der Waals surface area contributed by atoms with Gasteiger partial charge in [-0.1, -0.05) is 0 Å². The average Bonchev–Trinajstić information content (AvgIpc) is 3.03. The molecular formula is C20H13F2IN4O. The maximum Gasteiger partial charge on any atom is 0.221 e. The van der Waals surface area contributed by atoms with Gasteiger partial charge in [0.25, 0.3) is 0 Å². The Morgan fingerprint density at radius 3 is 2.68 bits per heavy atom. The molecule has 0 aliphatic heterocycles. The van der Waals surface area contributed by atoms with E-state index in [-0.39, 0.29) is 11.5 Å². The molecule has 0 unspecified atom stereocenters. The molecule has 1 amide bonds. The monoisotopic (exact) mass is 490 g/mol. The van der Waals surface area contributed by atoms with Gasteiger partial charge in [0.15, 0.2) is 5.65 Å². The van der Waals surface area contributed by atoms with E-state index < -0.39 is 11.6 Å². The molecule has 2 heterocycles. The Balaban J connectivity index is 1.92. The van der Waals surface area contributed by atoms with Crippen LogP contribution in [0.4, 0.5) is 14.5 Å². The normalized spacial score (nSPS) is 11.0. The van der Waals surface area contributed by atoms with E-state index in [1.54, 1.807) is 35.3 Å². The van der Waals surface area contributed by atoms with Crippen LogP contribution in [-0.2, 0) is 4.79 Å². The number of imidazole rings is 1. The Bertz CT molecular complexity index is 1220. The van der Waals surface area contributed by atoms with Crippen molar-refractivity contribution in [3.8, 4) is 16.8 Å². The highest BCUT2D eigenvalue weighted by Crippen LogP contribution is 2.30. The average molecular weight is 490 g/mol. The van der Waals surface area contributed by atoms with Crippen molar-refractivity contribution < 1.29 is 13.6 Å². The molecule has 0 aliphatic carbocycles. The second kappa shape index (κ2) is 7.27. The van der Waals surface area contributed by atoms with Gasteiger partial charge in [-0.15, -0.1) is 0 Å². The number of hydrogen-bond acceptors (Lipinski definition) is 3. The van der Waals surface area contributed by atoms with Gasteiger partial charge < -0.3 is 5.32 Å². The van der Waals surface area contributed by atoms with Crippen LogP contribution in [0, 0.1) is 15.2 Å². The Morgan fingerprint density at radius 1 is 1.11 bits per heavy atom. The van der Waals surface area contributed by atoms with E-state index in [1.807, 2.05) is 6.07 Å². The predicted molar refractivity (Wildman–Crippen MR) is 111 cm³/mol. The third-order valence-corrected chi connectivity index (χ3v) is 4.70. The topological polar surface area (TPSA) is 59.8 Å². The van der Waals surface area contributed by atoms with Crippen LogP contribution in [0.2, 0.25) is 0 Å². The molecular weight excluding hydrogens is 477 g/mol. The quantitative estimate of drug-likeness (QED) is 0.415. The second-order valence-corrected chi connectivity index (χ2v) is 7.43. The summed E-state index contributed by atoms with van der Waals surface area (Å²) in [6, 6.07) is 10.4. The van der Waals surface area contributed by atoms with Crippen molar-refractivity contribution in [1.29, 1.82) is 0 Å². The third kappa shape index (κ3) is 3.59. The van der Waals surface area contributed by atoms with E-state index in [0.29, 0.717) is 28.1 Å². The Labute approximate surface area is 172 Å². The van der Waals surface area contributed by atoms with E-state index in [9.17, 15) is 13.6 Å². The lowest BCUT2D eigenvalue weighted by Crippen LogP contribution is -2.07. The summed E-state index contributed by atoms with van der Waals surface area (Å²) in [4.78, 5) is 20.3. The molecule has 28 heavy (non-hydrogen) atoms.